The minimum absolute atomic E-state index is 0.259. The van der Waals surface area contributed by atoms with Crippen molar-refractivity contribution in [2.45, 2.75) is 4.90 Å². The van der Waals surface area contributed by atoms with Crippen molar-refractivity contribution in [1.29, 1.82) is 0 Å². The number of hydrogen-bond acceptors (Lipinski definition) is 6. The molecule has 0 saturated heterocycles. The summed E-state index contributed by atoms with van der Waals surface area (Å²) in [6, 6.07) is 11.4. The van der Waals surface area contributed by atoms with Crippen LogP contribution in [-0.4, -0.2) is 25.7 Å². The number of carbonyl (C=O) groups is 1. The average Bonchev–Trinajstić information content (AvgIpc) is 2.62. The number of allylic oxidation sites excluding steroid dienone is 4. The molecule has 1 aliphatic carbocycles. The molecular weight excluding hydrogens is 340 g/mol. The van der Waals surface area contributed by atoms with E-state index >= 15 is 0 Å². The van der Waals surface area contributed by atoms with Gasteiger partial charge in [0.25, 0.3) is 0 Å². The number of hydrogen-bond donors (Lipinski definition) is 4. The monoisotopic (exact) mass is 354 g/mol. The molecule has 126 valence electrons. The fourth-order valence-electron chi connectivity index (χ4n) is 2.58. The SMILES string of the molecule is O=C1C=C/C(=C(/c2ccc(O)c(O)c2)c2ccccc2SO)C=C1O. The summed E-state index contributed by atoms with van der Waals surface area (Å²) >= 11 is 0.571. The van der Waals surface area contributed by atoms with Crippen molar-refractivity contribution in [1.82, 2.24) is 0 Å². The molecule has 0 unspecified atom stereocenters. The van der Waals surface area contributed by atoms with Crippen molar-refractivity contribution >= 4 is 23.4 Å². The molecule has 0 fully saturated rings. The Morgan fingerprint density at radius 3 is 2.36 bits per heavy atom. The molecule has 2 aromatic rings. The van der Waals surface area contributed by atoms with E-state index in [0.29, 0.717) is 39.2 Å². The summed E-state index contributed by atoms with van der Waals surface area (Å²) in [5.74, 6) is -1.45. The van der Waals surface area contributed by atoms with Crippen LogP contribution in [0.2, 0.25) is 0 Å². The molecule has 0 radical (unpaired) electrons. The lowest BCUT2D eigenvalue weighted by molar-refractivity contribution is -0.113. The molecule has 6 heteroatoms. The summed E-state index contributed by atoms with van der Waals surface area (Å²) in [4.78, 5) is 12.1. The second-order valence-electron chi connectivity index (χ2n) is 5.35. The Labute approximate surface area is 148 Å². The normalized spacial score (nSPS) is 15.9. The van der Waals surface area contributed by atoms with E-state index in [2.05, 4.69) is 0 Å². The van der Waals surface area contributed by atoms with E-state index in [9.17, 15) is 24.7 Å². The van der Waals surface area contributed by atoms with Crippen LogP contribution < -0.4 is 0 Å². The lowest BCUT2D eigenvalue weighted by atomic mass is 9.90. The first-order valence-electron chi connectivity index (χ1n) is 7.32. The third-order valence-corrected chi connectivity index (χ3v) is 4.32. The number of phenolic OH excluding ortho intramolecular Hbond substituents is 2. The number of aromatic hydroxyl groups is 2. The first kappa shape index (κ1) is 16.9. The van der Waals surface area contributed by atoms with E-state index in [1.165, 1.54) is 24.3 Å². The molecule has 4 N–H and O–H groups in total. The van der Waals surface area contributed by atoms with Gasteiger partial charge in [0.2, 0.25) is 5.78 Å². The molecule has 0 amide bonds. The largest absolute Gasteiger partial charge is 0.504 e. The molecule has 5 nitrogen and oxygen atoms in total. The van der Waals surface area contributed by atoms with Gasteiger partial charge in [-0.2, -0.15) is 0 Å². The lowest BCUT2D eigenvalue weighted by Gasteiger charge is -2.16. The predicted molar refractivity (Wildman–Crippen MR) is 95.6 cm³/mol. The van der Waals surface area contributed by atoms with Gasteiger partial charge in [0, 0.05) is 16.9 Å². The minimum Gasteiger partial charge on any atom is -0.504 e. The Balaban J connectivity index is 2.31. The van der Waals surface area contributed by atoms with Crippen molar-refractivity contribution < 1.29 is 24.7 Å². The van der Waals surface area contributed by atoms with Crippen molar-refractivity contribution in [3.05, 3.63) is 83.2 Å². The van der Waals surface area contributed by atoms with Gasteiger partial charge in [-0.3, -0.25) is 4.79 Å². The van der Waals surface area contributed by atoms with Crippen molar-refractivity contribution in [3.8, 4) is 11.5 Å². The van der Waals surface area contributed by atoms with Crippen LogP contribution in [0.5, 0.6) is 11.5 Å². The van der Waals surface area contributed by atoms with Gasteiger partial charge in [-0.1, -0.05) is 30.3 Å². The highest BCUT2D eigenvalue weighted by atomic mass is 32.2. The average molecular weight is 354 g/mol. The number of rotatable bonds is 3. The maximum Gasteiger partial charge on any atom is 0.220 e. The number of aliphatic hydroxyl groups excluding tert-OH is 1. The van der Waals surface area contributed by atoms with Crippen LogP contribution in [0.3, 0.4) is 0 Å². The smallest absolute Gasteiger partial charge is 0.220 e. The number of phenols is 2. The zero-order valence-corrected chi connectivity index (χ0v) is 13.7. The Kier molecular flexibility index (Phi) is 4.65. The second-order valence-corrected chi connectivity index (χ2v) is 5.97. The van der Waals surface area contributed by atoms with Gasteiger partial charge in [-0.05, 0) is 52.6 Å². The molecule has 2 aromatic carbocycles. The van der Waals surface area contributed by atoms with Crippen LogP contribution in [-0.2, 0) is 4.79 Å². The van der Waals surface area contributed by atoms with Crippen LogP contribution in [0.25, 0.3) is 5.57 Å². The lowest BCUT2D eigenvalue weighted by Crippen LogP contribution is -2.04. The Morgan fingerprint density at radius 1 is 0.920 bits per heavy atom. The standard InChI is InChI=1S/C19H14O5S/c20-14-7-5-11(9-16(14)22)19(12-6-8-15(21)17(23)10-12)13-3-1-2-4-18(13)25-24/h1-10,20,22-24H/b19-12+. The summed E-state index contributed by atoms with van der Waals surface area (Å²) in [6.45, 7) is 0. The summed E-state index contributed by atoms with van der Waals surface area (Å²) in [6.07, 6.45) is 4.14. The highest BCUT2D eigenvalue weighted by Crippen LogP contribution is 2.38. The van der Waals surface area contributed by atoms with Gasteiger partial charge in [-0.15, -0.1) is 0 Å². The predicted octanol–water partition coefficient (Wildman–Crippen LogP) is 4.05. The van der Waals surface area contributed by atoms with E-state index in [1.807, 2.05) is 0 Å². The van der Waals surface area contributed by atoms with Crippen molar-refractivity contribution in [2.75, 3.05) is 0 Å². The molecule has 0 aliphatic heterocycles. The Hall–Kier alpha value is -2.96. The van der Waals surface area contributed by atoms with Gasteiger partial charge >= 0.3 is 0 Å². The van der Waals surface area contributed by atoms with Gasteiger partial charge in [-0.25, -0.2) is 0 Å². The van der Waals surface area contributed by atoms with Gasteiger partial charge < -0.3 is 19.9 Å². The second kappa shape index (κ2) is 6.88. The van der Waals surface area contributed by atoms with Crippen LogP contribution >= 0.6 is 12.0 Å². The molecule has 0 bridgehead atoms. The van der Waals surface area contributed by atoms with Crippen molar-refractivity contribution in [2.24, 2.45) is 0 Å². The van der Waals surface area contributed by atoms with Crippen LogP contribution in [0.1, 0.15) is 11.1 Å². The van der Waals surface area contributed by atoms with Gasteiger partial charge in [0.05, 0.1) is 0 Å². The number of aliphatic hydroxyl groups is 1. The number of ketones is 1. The topological polar surface area (TPSA) is 98.0 Å². The summed E-state index contributed by atoms with van der Waals surface area (Å²) < 4.78 is 9.57. The minimum atomic E-state index is -0.499. The number of benzene rings is 2. The molecule has 0 atom stereocenters. The molecule has 0 saturated carbocycles. The van der Waals surface area contributed by atoms with E-state index in [-0.39, 0.29) is 11.5 Å². The maximum atomic E-state index is 11.5. The fraction of sp³-hybridized carbons (Fsp3) is 0. The molecule has 3 rings (SSSR count). The fourth-order valence-corrected chi connectivity index (χ4v) is 2.99. The Bertz CT molecular complexity index is 941. The van der Waals surface area contributed by atoms with Crippen LogP contribution in [0.4, 0.5) is 0 Å². The van der Waals surface area contributed by atoms with E-state index in [4.69, 9.17) is 0 Å². The first-order valence-corrected chi connectivity index (χ1v) is 8.09. The van der Waals surface area contributed by atoms with E-state index in [0.717, 1.165) is 0 Å². The highest BCUT2D eigenvalue weighted by molar-refractivity contribution is 7.93. The van der Waals surface area contributed by atoms with Gasteiger partial charge in [0.15, 0.2) is 17.3 Å². The molecule has 0 heterocycles. The van der Waals surface area contributed by atoms with E-state index < -0.39 is 11.5 Å². The molecule has 1 aliphatic rings. The summed E-state index contributed by atoms with van der Waals surface area (Å²) in [5, 5.41) is 29.2. The molecule has 25 heavy (non-hydrogen) atoms. The highest BCUT2D eigenvalue weighted by Gasteiger charge is 2.18. The first-order chi connectivity index (χ1) is 12.0. The third kappa shape index (κ3) is 3.31. The quantitative estimate of drug-likeness (QED) is 0.490. The third-order valence-electron chi connectivity index (χ3n) is 3.77. The van der Waals surface area contributed by atoms with Crippen LogP contribution in [0, 0.1) is 0 Å². The molecule has 0 aromatic heterocycles. The van der Waals surface area contributed by atoms with Crippen molar-refractivity contribution in [3.63, 3.8) is 0 Å². The summed E-state index contributed by atoms with van der Waals surface area (Å²) in [7, 11) is 0. The van der Waals surface area contributed by atoms with E-state index in [1.54, 1.807) is 36.4 Å². The summed E-state index contributed by atoms with van der Waals surface area (Å²) in [5.41, 5.74) is 2.32. The molecular formula is C19H14O5S. The van der Waals surface area contributed by atoms with Gasteiger partial charge in [0.1, 0.15) is 0 Å². The maximum absolute atomic E-state index is 11.5. The number of carbonyl (C=O) groups excluding carboxylic acids is 1. The zero-order valence-electron chi connectivity index (χ0n) is 12.9. The van der Waals surface area contributed by atoms with Crippen LogP contribution in [0.15, 0.2) is 76.9 Å². The zero-order chi connectivity index (χ0) is 18.0. The molecule has 0 spiro atoms. The Morgan fingerprint density at radius 2 is 1.68 bits per heavy atom.